The lowest BCUT2D eigenvalue weighted by Gasteiger charge is -2.36. The van der Waals surface area contributed by atoms with Gasteiger partial charge in [-0.15, -0.1) is 0 Å². The molecule has 3 rings (SSSR count). The van der Waals surface area contributed by atoms with Crippen LogP contribution in [0.15, 0.2) is 36.4 Å². The second kappa shape index (κ2) is 8.79. The van der Waals surface area contributed by atoms with E-state index < -0.39 is 0 Å². The van der Waals surface area contributed by atoms with Gasteiger partial charge in [0.15, 0.2) is 11.5 Å². The molecule has 8 nitrogen and oxygen atoms in total. The van der Waals surface area contributed by atoms with Crippen molar-refractivity contribution in [2.24, 2.45) is 0 Å². The molecule has 1 fully saturated rings. The molecule has 0 saturated carbocycles. The number of anilines is 1. The largest absolute Gasteiger partial charge is 0.493 e. The third-order valence-corrected chi connectivity index (χ3v) is 4.97. The third-order valence-electron chi connectivity index (χ3n) is 4.97. The maximum absolute atomic E-state index is 11.3. The molecule has 2 aromatic rings. The summed E-state index contributed by atoms with van der Waals surface area (Å²) in [5, 5.41) is 11.3. The topological polar surface area (TPSA) is 77.3 Å². The predicted octanol–water partition coefficient (Wildman–Crippen LogP) is 2.94. The minimum atomic E-state index is -0.323. The molecule has 150 valence electrons. The van der Waals surface area contributed by atoms with Crippen LogP contribution in [0.25, 0.3) is 0 Å². The summed E-state index contributed by atoms with van der Waals surface area (Å²) in [6, 6.07) is 10.8. The Hall–Kier alpha value is -3.00. The van der Waals surface area contributed by atoms with Crippen molar-refractivity contribution in [2.75, 3.05) is 52.4 Å². The summed E-state index contributed by atoms with van der Waals surface area (Å²) in [6.45, 7) is 3.74. The summed E-state index contributed by atoms with van der Waals surface area (Å²) in [6.07, 6.45) is 0. The van der Waals surface area contributed by atoms with Crippen molar-refractivity contribution in [1.29, 1.82) is 0 Å². The molecule has 0 bridgehead atoms. The first-order valence-corrected chi connectivity index (χ1v) is 9.07. The van der Waals surface area contributed by atoms with Crippen LogP contribution in [0, 0.1) is 10.1 Å². The van der Waals surface area contributed by atoms with Gasteiger partial charge >= 0.3 is 0 Å². The molecule has 28 heavy (non-hydrogen) atoms. The van der Waals surface area contributed by atoms with E-state index in [2.05, 4.69) is 9.80 Å². The van der Waals surface area contributed by atoms with E-state index in [9.17, 15) is 10.1 Å². The molecule has 1 heterocycles. The van der Waals surface area contributed by atoms with Gasteiger partial charge in [0, 0.05) is 44.4 Å². The molecule has 0 radical (unpaired) electrons. The molecule has 0 atom stereocenters. The SMILES string of the molecule is COc1ccc(CN2CCN(c3ccccc3[N+](=O)[O-])CC2)c(OC)c1OC. The number of piperazine rings is 1. The predicted molar refractivity (Wildman–Crippen MR) is 107 cm³/mol. The zero-order valence-corrected chi connectivity index (χ0v) is 16.4. The monoisotopic (exact) mass is 387 g/mol. The Morgan fingerprint density at radius 2 is 1.61 bits per heavy atom. The van der Waals surface area contributed by atoms with Crippen molar-refractivity contribution in [3.8, 4) is 17.2 Å². The van der Waals surface area contributed by atoms with Gasteiger partial charge in [0.05, 0.1) is 26.3 Å². The zero-order chi connectivity index (χ0) is 20.1. The van der Waals surface area contributed by atoms with E-state index in [1.54, 1.807) is 33.5 Å². The molecular weight excluding hydrogens is 362 g/mol. The Morgan fingerprint density at radius 3 is 2.21 bits per heavy atom. The number of para-hydroxylation sites is 2. The average Bonchev–Trinajstić information content (AvgIpc) is 2.73. The number of ether oxygens (including phenoxy) is 3. The molecule has 1 aliphatic heterocycles. The highest BCUT2D eigenvalue weighted by molar-refractivity contribution is 5.63. The fourth-order valence-electron chi connectivity index (χ4n) is 3.56. The summed E-state index contributed by atoms with van der Waals surface area (Å²) >= 11 is 0. The first kappa shape index (κ1) is 19.8. The van der Waals surface area contributed by atoms with Crippen molar-refractivity contribution in [1.82, 2.24) is 4.90 Å². The number of nitro benzene ring substituents is 1. The Labute approximate surface area is 164 Å². The maximum atomic E-state index is 11.3. The molecule has 0 unspecified atom stereocenters. The smallest absolute Gasteiger partial charge is 0.292 e. The number of hydrogen-bond acceptors (Lipinski definition) is 7. The number of rotatable bonds is 7. The molecule has 0 spiro atoms. The number of benzene rings is 2. The highest BCUT2D eigenvalue weighted by Gasteiger charge is 2.24. The summed E-state index contributed by atoms with van der Waals surface area (Å²) in [7, 11) is 4.81. The zero-order valence-electron chi connectivity index (χ0n) is 16.4. The van der Waals surface area contributed by atoms with Crippen LogP contribution in [-0.4, -0.2) is 57.3 Å². The molecule has 2 aromatic carbocycles. The Morgan fingerprint density at radius 1 is 0.929 bits per heavy atom. The van der Waals surface area contributed by atoms with Crippen molar-refractivity contribution in [3.63, 3.8) is 0 Å². The van der Waals surface area contributed by atoms with Crippen LogP contribution in [0.2, 0.25) is 0 Å². The number of nitro groups is 1. The van der Waals surface area contributed by atoms with Gasteiger partial charge in [0.1, 0.15) is 5.69 Å². The third kappa shape index (κ3) is 3.96. The van der Waals surface area contributed by atoms with Crippen LogP contribution >= 0.6 is 0 Å². The minimum Gasteiger partial charge on any atom is -0.493 e. The Bertz CT molecular complexity index is 835. The average molecular weight is 387 g/mol. The molecule has 0 N–H and O–H groups in total. The molecular formula is C20H25N3O5. The van der Waals surface area contributed by atoms with E-state index in [1.165, 1.54) is 0 Å². The first-order valence-electron chi connectivity index (χ1n) is 9.07. The van der Waals surface area contributed by atoms with E-state index in [-0.39, 0.29) is 10.6 Å². The van der Waals surface area contributed by atoms with Gasteiger partial charge in [0.2, 0.25) is 5.75 Å². The van der Waals surface area contributed by atoms with Gasteiger partial charge < -0.3 is 19.1 Å². The summed E-state index contributed by atoms with van der Waals surface area (Å²) in [5.74, 6) is 1.88. The van der Waals surface area contributed by atoms with Crippen LogP contribution in [0.4, 0.5) is 11.4 Å². The highest BCUT2D eigenvalue weighted by atomic mass is 16.6. The van der Waals surface area contributed by atoms with Crippen molar-refractivity contribution in [3.05, 3.63) is 52.1 Å². The van der Waals surface area contributed by atoms with Crippen LogP contribution < -0.4 is 19.1 Å². The van der Waals surface area contributed by atoms with Crippen LogP contribution in [-0.2, 0) is 6.54 Å². The van der Waals surface area contributed by atoms with Gasteiger partial charge in [0.25, 0.3) is 5.69 Å². The molecule has 8 heteroatoms. The number of nitrogens with zero attached hydrogens (tertiary/aromatic N) is 3. The molecule has 1 saturated heterocycles. The fourth-order valence-corrected chi connectivity index (χ4v) is 3.56. The van der Waals surface area contributed by atoms with Gasteiger partial charge in [-0.3, -0.25) is 15.0 Å². The van der Waals surface area contributed by atoms with Crippen LogP contribution in [0.3, 0.4) is 0 Å². The summed E-state index contributed by atoms with van der Waals surface area (Å²) in [4.78, 5) is 15.3. The van der Waals surface area contributed by atoms with Crippen molar-refractivity contribution in [2.45, 2.75) is 6.54 Å². The number of methoxy groups -OCH3 is 3. The standard InChI is InChI=1S/C20H25N3O5/c1-26-18-9-8-15(19(27-2)20(18)28-3)14-21-10-12-22(13-11-21)16-6-4-5-7-17(16)23(24)25/h4-9H,10-14H2,1-3H3. The van der Waals surface area contributed by atoms with E-state index in [0.29, 0.717) is 29.5 Å². The van der Waals surface area contributed by atoms with Crippen molar-refractivity contribution >= 4 is 11.4 Å². The molecule has 0 amide bonds. The first-order chi connectivity index (χ1) is 13.6. The fraction of sp³-hybridized carbons (Fsp3) is 0.400. The summed E-state index contributed by atoms with van der Waals surface area (Å²) in [5.41, 5.74) is 1.84. The lowest BCUT2D eigenvalue weighted by molar-refractivity contribution is -0.384. The molecule has 1 aliphatic rings. The van der Waals surface area contributed by atoms with Crippen LogP contribution in [0.1, 0.15) is 5.56 Å². The van der Waals surface area contributed by atoms with Crippen LogP contribution in [0.5, 0.6) is 17.2 Å². The van der Waals surface area contributed by atoms with Crippen molar-refractivity contribution < 1.29 is 19.1 Å². The minimum absolute atomic E-state index is 0.150. The van der Waals surface area contributed by atoms with Gasteiger partial charge in [-0.1, -0.05) is 18.2 Å². The van der Waals surface area contributed by atoms with E-state index in [0.717, 1.165) is 31.7 Å². The lowest BCUT2D eigenvalue weighted by atomic mass is 10.1. The Kier molecular flexibility index (Phi) is 6.20. The molecule has 0 aromatic heterocycles. The molecule has 0 aliphatic carbocycles. The van der Waals surface area contributed by atoms with E-state index in [4.69, 9.17) is 14.2 Å². The highest BCUT2D eigenvalue weighted by Crippen LogP contribution is 2.40. The normalized spacial score (nSPS) is 14.6. The maximum Gasteiger partial charge on any atom is 0.292 e. The number of hydrogen-bond donors (Lipinski definition) is 0. The van der Waals surface area contributed by atoms with Gasteiger partial charge in [-0.05, 0) is 12.1 Å². The second-order valence-electron chi connectivity index (χ2n) is 6.50. The summed E-state index contributed by atoms with van der Waals surface area (Å²) < 4.78 is 16.4. The lowest BCUT2D eigenvalue weighted by Crippen LogP contribution is -2.46. The quantitative estimate of drug-likeness (QED) is 0.534. The van der Waals surface area contributed by atoms with E-state index >= 15 is 0 Å². The van der Waals surface area contributed by atoms with E-state index in [1.807, 2.05) is 24.3 Å². The van der Waals surface area contributed by atoms with Gasteiger partial charge in [-0.2, -0.15) is 0 Å². The Balaban J connectivity index is 1.71. The van der Waals surface area contributed by atoms with Gasteiger partial charge in [-0.25, -0.2) is 0 Å². The second-order valence-corrected chi connectivity index (χ2v) is 6.50.